The van der Waals surface area contributed by atoms with Crippen LogP contribution < -0.4 is 0 Å². The van der Waals surface area contributed by atoms with Crippen LogP contribution >= 0.6 is 0 Å². The normalized spacial score (nSPS) is 11.7. The number of unbranched alkanes of at least 4 members (excludes halogenated alkanes) is 11. The van der Waals surface area contributed by atoms with Crippen LogP contribution in [0.2, 0.25) is 0 Å². The zero-order valence-electron chi connectivity index (χ0n) is 19.1. The van der Waals surface area contributed by atoms with E-state index < -0.39 is 0 Å². The minimum atomic E-state index is 0.0204. The fourth-order valence-electron chi connectivity index (χ4n) is 2.99. The second-order valence-corrected chi connectivity index (χ2v) is 7.58. The molecule has 0 saturated carbocycles. The number of methoxy groups -OCH3 is 1. The number of rotatable bonds is 23. The van der Waals surface area contributed by atoms with Crippen molar-refractivity contribution in [2.45, 2.75) is 116 Å². The number of ether oxygens (including phenoxy) is 4. The van der Waals surface area contributed by atoms with Gasteiger partial charge in [-0.2, -0.15) is 0 Å². The topological polar surface area (TPSA) is 36.9 Å². The zero-order chi connectivity index (χ0) is 20.5. The molecule has 0 unspecified atom stereocenters. The van der Waals surface area contributed by atoms with Crippen molar-refractivity contribution < 1.29 is 18.9 Å². The molecular formula is C24H48O4. The number of hydrogen-bond acceptors (Lipinski definition) is 4. The minimum absolute atomic E-state index is 0.0204. The fraction of sp³-hybridized carbons (Fsp3) is 0.917. The first kappa shape index (κ1) is 27.4. The van der Waals surface area contributed by atoms with Gasteiger partial charge in [0.2, 0.25) is 0 Å². The van der Waals surface area contributed by atoms with E-state index in [0.717, 1.165) is 38.9 Å². The standard InChI is InChI=1S/C24H48O4/c1-4-6-21-27-24(28-22-7-5-2)19-17-15-13-11-9-8-10-12-14-16-18-20-26-23-25-3/h18,20,24H,4-17,19,21-23H2,1-3H3. The van der Waals surface area contributed by atoms with Gasteiger partial charge in [-0.05, 0) is 44.6 Å². The van der Waals surface area contributed by atoms with Crippen molar-refractivity contribution in [3.8, 4) is 0 Å². The van der Waals surface area contributed by atoms with E-state index in [1.165, 1.54) is 70.6 Å². The summed E-state index contributed by atoms with van der Waals surface area (Å²) in [6, 6.07) is 0. The highest BCUT2D eigenvalue weighted by Gasteiger charge is 2.08. The predicted molar refractivity (Wildman–Crippen MR) is 118 cm³/mol. The Kier molecular flexibility index (Phi) is 24.0. The molecule has 0 rings (SSSR count). The van der Waals surface area contributed by atoms with Crippen LogP contribution in [0, 0.1) is 0 Å². The van der Waals surface area contributed by atoms with Gasteiger partial charge in [-0.1, -0.05) is 71.6 Å². The number of allylic oxidation sites excluding steroid dienone is 1. The van der Waals surface area contributed by atoms with Crippen molar-refractivity contribution >= 4 is 0 Å². The first-order chi connectivity index (χ1) is 13.8. The van der Waals surface area contributed by atoms with Gasteiger partial charge in [0.05, 0.1) is 6.26 Å². The Morgan fingerprint density at radius 3 is 1.75 bits per heavy atom. The van der Waals surface area contributed by atoms with Crippen molar-refractivity contribution in [3.63, 3.8) is 0 Å². The van der Waals surface area contributed by atoms with E-state index in [2.05, 4.69) is 19.9 Å². The zero-order valence-corrected chi connectivity index (χ0v) is 19.1. The molecule has 0 atom stereocenters. The molecule has 0 fully saturated rings. The van der Waals surface area contributed by atoms with E-state index in [-0.39, 0.29) is 6.29 Å². The molecule has 0 radical (unpaired) electrons. The molecule has 168 valence electrons. The quantitative estimate of drug-likeness (QED) is 0.102. The summed E-state index contributed by atoms with van der Waals surface area (Å²) in [5.41, 5.74) is 0. The van der Waals surface area contributed by atoms with Crippen molar-refractivity contribution in [2.24, 2.45) is 0 Å². The average molecular weight is 401 g/mol. The second kappa shape index (κ2) is 24.5. The highest BCUT2D eigenvalue weighted by Crippen LogP contribution is 2.14. The van der Waals surface area contributed by atoms with Gasteiger partial charge in [0.15, 0.2) is 13.1 Å². The van der Waals surface area contributed by atoms with Gasteiger partial charge in [-0.15, -0.1) is 0 Å². The Bertz CT molecular complexity index is 297. The maximum Gasteiger partial charge on any atom is 0.187 e. The SMILES string of the molecule is CCCCOC(CCCCCCCCCCCC=COCOC)OCCCC. The number of hydrogen-bond donors (Lipinski definition) is 0. The molecule has 0 N–H and O–H groups in total. The molecule has 0 bridgehead atoms. The summed E-state index contributed by atoms with van der Waals surface area (Å²) in [7, 11) is 1.64. The minimum Gasteiger partial charge on any atom is -0.476 e. The van der Waals surface area contributed by atoms with Crippen molar-refractivity contribution in [2.75, 3.05) is 27.1 Å². The summed E-state index contributed by atoms with van der Waals surface area (Å²) >= 11 is 0. The molecule has 0 amide bonds. The Labute approximate surface area is 175 Å². The summed E-state index contributed by atoms with van der Waals surface area (Å²) in [4.78, 5) is 0. The monoisotopic (exact) mass is 400 g/mol. The lowest BCUT2D eigenvalue weighted by molar-refractivity contribution is -0.147. The fourth-order valence-corrected chi connectivity index (χ4v) is 2.99. The molecule has 0 aliphatic rings. The van der Waals surface area contributed by atoms with Gasteiger partial charge in [0.25, 0.3) is 0 Å². The Morgan fingerprint density at radius 1 is 0.679 bits per heavy atom. The summed E-state index contributed by atoms with van der Waals surface area (Å²) < 4.78 is 21.7. The van der Waals surface area contributed by atoms with Crippen LogP contribution in [0.25, 0.3) is 0 Å². The van der Waals surface area contributed by atoms with Crippen LogP contribution in [0.15, 0.2) is 12.3 Å². The van der Waals surface area contributed by atoms with Crippen LogP contribution in [0.3, 0.4) is 0 Å². The highest BCUT2D eigenvalue weighted by molar-refractivity contribution is 4.72. The maximum atomic E-state index is 5.91. The third-order valence-electron chi connectivity index (χ3n) is 4.79. The van der Waals surface area contributed by atoms with Crippen molar-refractivity contribution in [1.82, 2.24) is 0 Å². The summed E-state index contributed by atoms with van der Waals surface area (Å²) in [5, 5.41) is 0. The van der Waals surface area contributed by atoms with E-state index in [4.69, 9.17) is 18.9 Å². The van der Waals surface area contributed by atoms with Crippen LogP contribution in [0.5, 0.6) is 0 Å². The van der Waals surface area contributed by atoms with Crippen LogP contribution in [-0.4, -0.2) is 33.4 Å². The molecule has 0 aromatic carbocycles. The van der Waals surface area contributed by atoms with Crippen LogP contribution in [0.4, 0.5) is 0 Å². The molecule has 0 aromatic rings. The van der Waals surface area contributed by atoms with Gasteiger partial charge in [-0.3, -0.25) is 0 Å². The Hall–Kier alpha value is -0.580. The van der Waals surface area contributed by atoms with Crippen LogP contribution in [-0.2, 0) is 18.9 Å². The average Bonchev–Trinajstić information content (AvgIpc) is 2.70. The second-order valence-electron chi connectivity index (χ2n) is 7.58. The van der Waals surface area contributed by atoms with Crippen molar-refractivity contribution in [1.29, 1.82) is 0 Å². The molecule has 0 saturated heterocycles. The molecule has 0 aromatic heterocycles. The lowest BCUT2D eigenvalue weighted by Crippen LogP contribution is -2.18. The van der Waals surface area contributed by atoms with Gasteiger partial charge in [-0.25, -0.2) is 0 Å². The predicted octanol–water partition coefficient (Wildman–Crippen LogP) is 7.37. The molecular weight excluding hydrogens is 352 g/mol. The Balaban J connectivity index is 3.43. The summed E-state index contributed by atoms with van der Waals surface area (Å²) in [6.07, 6.45) is 22.5. The molecule has 0 aliphatic carbocycles. The smallest absolute Gasteiger partial charge is 0.187 e. The van der Waals surface area contributed by atoms with E-state index in [1.54, 1.807) is 13.4 Å². The van der Waals surface area contributed by atoms with E-state index >= 15 is 0 Å². The largest absolute Gasteiger partial charge is 0.476 e. The molecule has 4 nitrogen and oxygen atoms in total. The third-order valence-corrected chi connectivity index (χ3v) is 4.79. The first-order valence-electron chi connectivity index (χ1n) is 11.8. The van der Waals surface area contributed by atoms with Gasteiger partial charge >= 0.3 is 0 Å². The first-order valence-corrected chi connectivity index (χ1v) is 11.8. The van der Waals surface area contributed by atoms with Gasteiger partial charge in [0.1, 0.15) is 0 Å². The molecule has 4 heteroatoms. The summed E-state index contributed by atoms with van der Waals surface area (Å²) in [5.74, 6) is 0. The Morgan fingerprint density at radius 2 is 1.21 bits per heavy atom. The highest BCUT2D eigenvalue weighted by atomic mass is 16.7. The molecule has 0 heterocycles. The van der Waals surface area contributed by atoms with E-state index in [1.807, 2.05) is 0 Å². The van der Waals surface area contributed by atoms with Gasteiger partial charge in [0, 0.05) is 20.3 Å². The van der Waals surface area contributed by atoms with Crippen LogP contribution in [0.1, 0.15) is 110 Å². The van der Waals surface area contributed by atoms with E-state index in [9.17, 15) is 0 Å². The van der Waals surface area contributed by atoms with Gasteiger partial charge < -0.3 is 18.9 Å². The van der Waals surface area contributed by atoms with E-state index in [0.29, 0.717) is 6.79 Å². The summed E-state index contributed by atoms with van der Waals surface area (Å²) in [6.45, 7) is 6.42. The molecule has 0 spiro atoms. The third kappa shape index (κ3) is 21.7. The molecule has 0 aliphatic heterocycles. The van der Waals surface area contributed by atoms with Crippen molar-refractivity contribution in [3.05, 3.63) is 12.3 Å². The lowest BCUT2D eigenvalue weighted by atomic mass is 10.1. The molecule has 28 heavy (non-hydrogen) atoms. The maximum absolute atomic E-state index is 5.91. The lowest BCUT2D eigenvalue weighted by Gasteiger charge is -2.18.